The fourth-order valence-electron chi connectivity index (χ4n) is 2.49. The summed E-state index contributed by atoms with van der Waals surface area (Å²) in [6.07, 6.45) is 1.71. The molecule has 0 bridgehead atoms. The molecule has 2 amide bonds. The minimum absolute atomic E-state index is 0.179. The van der Waals surface area contributed by atoms with Gasteiger partial charge in [0.25, 0.3) is 0 Å². The molecule has 1 aromatic heterocycles. The molecule has 1 aromatic carbocycles. The predicted octanol–water partition coefficient (Wildman–Crippen LogP) is 3.58. The molecule has 1 saturated heterocycles. The van der Waals surface area contributed by atoms with Gasteiger partial charge in [0.05, 0.1) is 6.54 Å². The Bertz CT molecular complexity index is 648. The van der Waals surface area contributed by atoms with Gasteiger partial charge in [-0.3, -0.25) is 0 Å². The zero-order valence-corrected chi connectivity index (χ0v) is 13.4. The number of carbonyl (C=O) groups is 1. The van der Waals surface area contributed by atoms with E-state index < -0.39 is 0 Å². The Morgan fingerprint density at radius 2 is 1.87 bits per heavy atom. The standard InChI is InChI=1S/C17H19ClN2O3/c18-13-3-1-12(2-4-13)16-6-5-15(23-16)11-19-17(21)20-14-7-9-22-10-8-14/h1-6,14H,7-11H2,(H2,19,20,21). The first-order chi connectivity index (χ1) is 11.2. The molecular weight excluding hydrogens is 316 g/mol. The number of hydrogen-bond acceptors (Lipinski definition) is 3. The number of halogens is 1. The summed E-state index contributed by atoms with van der Waals surface area (Å²) in [5.41, 5.74) is 0.951. The third-order valence-corrected chi connectivity index (χ3v) is 4.02. The van der Waals surface area contributed by atoms with Crippen LogP contribution in [0.2, 0.25) is 5.02 Å². The molecule has 2 heterocycles. The summed E-state index contributed by atoms with van der Waals surface area (Å²) in [4.78, 5) is 11.9. The second-order valence-electron chi connectivity index (χ2n) is 5.49. The average Bonchev–Trinajstić information content (AvgIpc) is 3.04. The molecule has 0 aliphatic carbocycles. The van der Waals surface area contributed by atoms with Crippen LogP contribution in [-0.4, -0.2) is 25.3 Å². The van der Waals surface area contributed by atoms with E-state index in [0.29, 0.717) is 30.5 Å². The maximum absolute atomic E-state index is 11.9. The quantitative estimate of drug-likeness (QED) is 0.898. The highest BCUT2D eigenvalue weighted by Crippen LogP contribution is 2.23. The molecule has 1 fully saturated rings. The van der Waals surface area contributed by atoms with Crippen LogP contribution in [-0.2, 0) is 11.3 Å². The third kappa shape index (κ3) is 4.50. The van der Waals surface area contributed by atoms with Crippen molar-refractivity contribution < 1.29 is 13.9 Å². The summed E-state index contributed by atoms with van der Waals surface area (Å²) < 4.78 is 11.0. The molecule has 0 atom stereocenters. The van der Waals surface area contributed by atoms with Gasteiger partial charge in [-0.15, -0.1) is 0 Å². The second kappa shape index (κ2) is 7.53. The van der Waals surface area contributed by atoms with Crippen molar-refractivity contribution >= 4 is 17.6 Å². The Morgan fingerprint density at radius 1 is 1.13 bits per heavy atom. The van der Waals surface area contributed by atoms with Crippen molar-refractivity contribution in [1.82, 2.24) is 10.6 Å². The SMILES string of the molecule is O=C(NCc1ccc(-c2ccc(Cl)cc2)o1)NC1CCOCC1. The summed E-state index contributed by atoms with van der Waals surface area (Å²) in [5, 5.41) is 6.45. The van der Waals surface area contributed by atoms with Gasteiger partial charge in [0.1, 0.15) is 11.5 Å². The molecule has 2 N–H and O–H groups in total. The Balaban J connectivity index is 1.50. The zero-order valence-electron chi connectivity index (χ0n) is 12.7. The van der Waals surface area contributed by atoms with Gasteiger partial charge in [0, 0.05) is 29.8 Å². The summed E-state index contributed by atoms with van der Waals surface area (Å²) in [6.45, 7) is 1.75. The molecule has 5 nitrogen and oxygen atoms in total. The first-order valence-corrected chi connectivity index (χ1v) is 8.05. The van der Waals surface area contributed by atoms with Gasteiger partial charge in [-0.25, -0.2) is 4.79 Å². The van der Waals surface area contributed by atoms with Crippen LogP contribution in [0.25, 0.3) is 11.3 Å². The van der Waals surface area contributed by atoms with E-state index >= 15 is 0 Å². The number of urea groups is 1. The number of hydrogen-bond donors (Lipinski definition) is 2. The van der Waals surface area contributed by atoms with Crippen LogP contribution in [0.3, 0.4) is 0 Å². The molecule has 1 aliphatic rings. The van der Waals surface area contributed by atoms with Crippen LogP contribution >= 0.6 is 11.6 Å². The number of furan rings is 1. The minimum atomic E-state index is -0.179. The third-order valence-electron chi connectivity index (χ3n) is 3.77. The first-order valence-electron chi connectivity index (χ1n) is 7.67. The highest BCUT2D eigenvalue weighted by atomic mass is 35.5. The van der Waals surface area contributed by atoms with Gasteiger partial charge in [0.15, 0.2) is 0 Å². The van der Waals surface area contributed by atoms with Crippen LogP contribution in [0.15, 0.2) is 40.8 Å². The first kappa shape index (κ1) is 15.9. The van der Waals surface area contributed by atoms with E-state index in [9.17, 15) is 4.79 Å². The lowest BCUT2D eigenvalue weighted by atomic mass is 10.1. The fourth-order valence-corrected chi connectivity index (χ4v) is 2.61. The molecule has 2 aromatic rings. The average molecular weight is 335 g/mol. The maximum Gasteiger partial charge on any atom is 0.315 e. The van der Waals surface area contributed by atoms with Gasteiger partial charge >= 0.3 is 6.03 Å². The lowest BCUT2D eigenvalue weighted by molar-refractivity contribution is 0.0800. The molecule has 1 aliphatic heterocycles. The van der Waals surface area contributed by atoms with Crippen molar-refractivity contribution in [3.63, 3.8) is 0 Å². The number of rotatable bonds is 4. The van der Waals surface area contributed by atoms with E-state index in [-0.39, 0.29) is 12.1 Å². The summed E-state index contributed by atoms with van der Waals surface area (Å²) >= 11 is 5.88. The number of benzene rings is 1. The fraction of sp³-hybridized carbons (Fsp3) is 0.353. The Kier molecular flexibility index (Phi) is 5.20. The van der Waals surface area contributed by atoms with Crippen molar-refractivity contribution in [2.45, 2.75) is 25.4 Å². The number of amides is 2. The van der Waals surface area contributed by atoms with Gasteiger partial charge in [-0.05, 0) is 49.2 Å². The zero-order chi connectivity index (χ0) is 16.1. The lowest BCUT2D eigenvalue weighted by Gasteiger charge is -2.23. The van der Waals surface area contributed by atoms with Gasteiger partial charge in [-0.2, -0.15) is 0 Å². The minimum Gasteiger partial charge on any atom is -0.459 e. The lowest BCUT2D eigenvalue weighted by Crippen LogP contribution is -2.44. The molecule has 122 valence electrons. The van der Waals surface area contributed by atoms with E-state index in [1.807, 2.05) is 36.4 Å². The second-order valence-corrected chi connectivity index (χ2v) is 5.92. The van der Waals surface area contributed by atoms with Crippen LogP contribution < -0.4 is 10.6 Å². The largest absolute Gasteiger partial charge is 0.459 e. The molecule has 6 heteroatoms. The number of nitrogens with one attached hydrogen (secondary N) is 2. The van der Waals surface area contributed by atoms with Crippen molar-refractivity contribution in [1.29, 1.82) is 0 Å². The topological polar surface area (TPSA) is 63.5 Å². The normalized spacial score (nSPS) is 15.3. The Labute approximate surface area is 140 Å². The van der Waals surface area contributed by atoms with Crippen molar-refractivity contribution in [3.05, 3.63) is 47.2 Å². The molecular formula is C17H19ClN2O3. The molecule has 23 heavy (non-hydrogen) atoms. The molecule has 0 radical (unpaired) electrons. The molecule has 0 spiro atoms. The van der Waals surface area contributed by atoms with E-state index in [2.05, 4.69) is 10.6 Å². The van der Waals surface area contributed by atoms with Gasteiger partial charge in [-0.1, -0.05) is 11.6 Å². The van der Waals surface area contributed by atoms with Crippen LogP contribution in [0, 0.1) is 0 Å². The maximum atomic E-state index is 11.9. The van der Waals surface area contributed by atoms with Gasteiger partial charge < -0.3 is 19.8 Å². The van der Waals surface area contributed by atoms with Gasteiger partial charge in [0.2, 0.25) is 0 Å². The smallest absolute Gasteiger partial charge is 0.315 e. The number of ether oxygens (including phenoxy) is 1. The van der Waals surface area contributed by atoms with Crippen LogP contribution in [0.5, 0.6) is 0 Å². The van der Waals surface area contributed by atoms with E-state index in [4.69, 9.17) is 20.8 Å². The molecule has 0 unspecified atom stereocenters. The predicted molar refractivity (Wildman–Crippen MR) is 88.4 cm³/mol. The molecule has 3 rings (SSSR count). The molecule has 0 saturated carbocycles. The van der Waals surface area contributed by atoms with Crippen LogP contribution in [0.4, 0.5) is 4.79 Å². The van der Waals surface area contributed by atoms with E-state index in [1.165, 1.54) is 0 Å². The highest BCUT2D eigenvalue weighted by Gasteiger charge is 2.16. The highest BCUT2D eigenvalue weighted by molar-refractivity contribution is 6.30. The number of carbonyl (C=O) groups excluding carboxylic acids is 1. The van der Waals surface area contributed by atoms with Crippen molar-refractivity contribution in [2.24, 2.45) is 0 Å². The van der Waals surface area contributed by atoms with Crippen molar-refractivity contribution in [2.75, 3.05) is 13.2 Å². The van der Waals surface area contributed by atoms with E-state index in [1.54, 1.807) is 0 Å². The Hall–Kier alpha value is -1.98. The monoisotopic (exact) mass is 334 g/mol. The van der Waals surface area contributed by atoms with Crippen molar-refractivity contribution in [3.8, 4) is 11.3 Å². The summed E-state index contributed by atoms with van der Waals surface area (Å²) in [7, 11) is 0. The summed E-state index contributed by atoms with van der Waals surface area (Å²) in [5.74, 6) is 1.46. The van der Waals surface area contributed by atoms with Crippen LogP contribution in [0.1, 0.15) is 18.6 Å². The summed E-state index contributed by atoms with van der Waals surface area (Å²) in [6, 6.07) is 11.2. The Morgan fingerprint density at radius 3 is 2.61 bits per heavy atom. The van der Waals surface area contributed by atoms with E-state index in [0.717, 1.165) is 24.2 Å².